The van der Waals surface area contributed by atoms with Gasteiger partial charge >= 0.3 is 12.1 Å². The number of carbonyl (C=O) groups excluding carboxylic acids is 3. The molecule has 0 amide bonds. The Morgan fingerprint density at radius 3 is 2.59 bits per heavy atom. The summed E-state index contributed by atoms with van der Waals surface area (Å²) in [6.07, 6.45) is 0.722. The maximum absolute atomic E-state index is 13.1. The van der Waals surface area contributed by atoms with E-state index in [9.17, 15) is 14.4 Å². The second-order valence-electron chi connectivity index (χ2n) is 7.06. The lowest BCUT2D eigenvalue weighted by atomic mass is 10.1. The fraction of sp³-hybridized carbons (Fsp3) is 0.250. The monoisotopic (exact) mass is 411 g/mol. The third-order valence-corrected chi connectivity index (χ3v) is 4.69. The summed E-state index contributed by atoms with van der Waals surface area (Å²) >= 11 is 0.995. The van der Waals surface area contributed by atoms with Crippen LogP contribution in [0.25, 0.3) is 15.7 Å². The number of esters is 1. The number of hydrogen-bond donors (Lipinski definition) is 0. The van der Waals surface area contributed by atoms with Crippen molar-refractivity contribution >= 4 is 45.8 Å². The van der Waals surface area contributed by atoms with Crippen LogP contribution < -0.4 is 0 Å². The van der Waals surface area contributed by atoms with Crippen LogP contribution in [0.15, 0.2) is 29.8 Å². The van der Waals surface area contributed by atoms with Gasteiger partial charge in [0.25, 0.3) is 0 Å². The van der Waals surface area contributed by atoms with E-state index in [2.05, 4.69) is 14.6 Å². The molecule has 0 fully saturated rings. The van der Waals surface area contributed by atoms with Gasteiger partial charge in [-0.05, 0) is 32.9 Å². The molecule has 0 atom stereocenters. The highest BCUT2D eigenvalue weighted by atomic mass is 32.1. The minimum atomic E-state index is -0.723. The van der Waals surface area contributed by atoms with Gasteiger partial charge in [-0.3, -0.25) is 9.36 Å². The lowest BCUT2D eigenvalue weighted by molar-refractivity contribution is 0.0542. The number of hydrogen-bond acceptors (Lipinski definition) is 7. The molecule has 148 valence electrons. The molecule has 8 nitrogen and oxygen atoms in total. The molecule has 0 N–H and O–H groups in total. The highest BCUT2D eigenvalue weighted by Crippen LogP contribution is 2.29. The number of thiazole rings is 1. The smallest absolute Gasteiger partial charge is 0.419 e. The molecule has 0 aliphatic heterocycles. The second kappa shape index (κ2) is 7.48. The fourth-order valence-electron chi connectivity index (χ4n) is 2.62. The van der Waals surface area contributed by atoms with E-state index in [1.165, 1.54) is 29.3 Å². The van der Waals surface area contributed by atoms with Crippen molar-refractivity contribution in [2.75, 3.05) is 7.11 Å². The highest BCUT2D eigenvalue weighted by molar-refractivity contribution is 7.12. The van der Waals surface area contributed by atoms with Crippen LogP contribution in [0.1, 0.15) is 46.6 Å². The first kappa shape index (κ1) is 20.2. The van der Waals surface area contributed by atoms with Gasteiger partial charge in [-0.25, -0.2) is 19.4 Å². The molecule has 2 heterocycles. The molecule has 0 radical (unpaired) electrons. The van der Waals surface area contributed by atoms with Gasteiger partial charge in [0.1, 0.15) is 5.60 Å². The molecule has 0 spiro atoms. The lowest BCUT2D eigenvalue weighted by Crippen LogP contribution is -2.26. The number of benzene rings is 1. The number of ketones is 1. The number of fused-ring (bicyclic) bond motifs is 1. The summed E-state index contributed by atoms with van der Waals surface area (Å²) in [6.45, 7) is 12.4. The van der Waals surface area contributed by atoms with Gasteiger partial charge < -0.3 is 9.47 Å². The van der Waals surface area contributed by atoms with E-state index in [0.29, 0.717) is 16.6 Å². The normalized spacial score (nSPS) is 11.1. The van der Waals surface area contributed by atoms with Crippen molar-refractivity contribution in [3.63, 3.8) is 0 Å². The van der Waals surface area contributed by atoms with E-state index in [4.69, 9.17) is 11.3 Å². The number of rotatable bonds is 3. The molecule has 0 saturated heterocycles. The Bertz CT molecular complexity index is 1180. The maximum atomic E-state index is 13.1. The summed E-state index contributed by atoms with van der Waals surface area (Å²) in [7, 11) is 1.23. The predicted octanol–water partition coefficient (Wildman–Crippen LogP) is 4.45. The molecule has 3 aromatic rings. The summed E-state index contributed by atoms with van der Waals surface area (Å²) in [4.78, 5) is 44.7. The Hall–Kier alpha value is -3.51. The van der Waals surface area contributed by atoms with Crippen molar-refractivity contribution < 1.29 is 23.9 Å². The zero-order valence-electron chi connectivity index (χ0n) is 16.2. The van der Waals surface area contributed by atoms with E-state index in [-0.39, 0.29) is 16.3 Å². The van der Waals surface area contributed by atoms with Crippen LogP contribution in [0.4, 0.5) is 10.5 Å². The first-order chi connectivity index (χ1) is 13.6. The van der Waals surface area contributed by atoms with Gasteiger partial charge in [0, 0.05) is 22.5 Å². The maximum Gasteiger partial charge on any atom is 0.419 e. The molecule has 0 saturated carbocycles. The molecule has 29 heavy (non-hydrogen) atoms. The van der Waals surface area contributed by atoms with Crippen LogP contribution in [0.2, 0.25) is 0 Å². The number of methoxy groups -OCH3 is 1. The summed E-state index contributed by atoms with van der Waals surface area (Å²) in [6, 6.07) is 4.68. The van der Waals surface area contributed by atoms with Crippen LogP contribution >= 0.6 is 11.3 Å². The highest BCUT2D eigenvalue weighted by Gasteiger charge is 2.25. The average Bonchev–Trinajstić information content (AvgIpc) is 3.30. The molecule has 0 aliphatic rings. The van der Waals surface area contributed by atoms with E-state index in [1.807, 2.05) is 0 Å². The Morgan fingerprint density at radius 2 is 1.97 bits per heavy atom. The molecule has 0 bridgehead atoms. The molecular formula is C20H17N3O5S. The van der Waals surface area contributed by atoms with Crippen LogP contribution in [0.5, 0.6) is 0 Å². The standard InChI is InChI=1S/C20H17N3O5S/c1-20(2,3)28-19(26)23-9-13(12-8-11(21-4)6-7-15(12)23)16(24)17-22-14(10-29-17)18(25)27-5/h6-10H,1-3,5H3. The van der Waals surface area contributed by atoms with Crippen molar-refractivity contribution in [1.82, 2.24) is 9.55 Å². The fourth-order valence-corrected chi connectivity index (χ4v) is 3.36. The van der Waals surface area contributed by atoms with Crippen molar-refractivity contribution in [2.45, 2.75) is 26.4 Å². The number of aromatic nitrogens is 2. The zero-order chi connectivity index (χ0) is 21.3. The largest absolute Gasteiger partial charge is 0.464 e. The number of carbonyl (C=O) groups is 3. The summed E-state index contributed by atoms with van der Waals surface area (Å²) in [5.74, 6) is -1.12. The van der Waals surface area contributed by atoms with Crippen LogP contribution in [0, 0.1) is 6.57 Å². The van der Waals surface area contributed by atoms with E-state index in [0.717, 1.165) is 11.3 Å². The quantitative estimate of drug-likeness (QED) is 0.359. The number of nitrogens with zero attached hydrogens (tertiary/aromatic N) is 3. The van der Waals surface area contributed by atoms with E-state index < -0.39 is 23.4 Å². The lowest BCUT2D eigenvalue weighted by Gasteiger charge is -2.19. The first-order valence-electron chi connectivity index (χ1n) is 8.49. The van der Waals surface area contributed by atoms with Crippen molar-refractivity contribution in [3.8, 4) is 0 Å². The van der Waals surface area contributed by atoms with Gasteiger partial charge in [-0.2, -0.15) is 0 Å². The Morgan fingerprint density at radius 1 is 1.24 bits per heavy atom. The summed E-state index contributed by atoms with van der Waals surface area (Å²) in [5, 5.41) is 1.92. The minimum absolute atomic E-state index is 0.0265. The first-order valence-corrected chi connectivity index (χ1v) is 9.37. The van der Waals surface area contributed by atoms with Gasteiger partial charge in [0.15, 0.2) is 16.4 Å². The van der Waals surface area contributed by atoms with Crippen molar-refractivity contribution in [3.05, 3.63) is 57.5 Å². The summed E-state index contributed by atoms with van der Waals surface area (Å²) in [5.41, 5.74) is 0.238. The SMILES string of the molecule is [C-]#[N+]c1ccc2c(c1)c(C(=O)c1nc(C(=O)OC)cs1)cn2C(=O)OC(C)(C)C. The van der Waals surface area contributed by atoms with Gasteiger partial charge in [0.2, 0.25) is 5.78 Å². The second-order valence-corrected chi connectivity index (χ2v) is 7.92. The van der Waals surface area contributed by atoms with Gasteiger partial charge in [0.05, 0.1) is 19.2 Å². The average molecular weight is 411 g/mol. The Kier molecular flexibility index (Phi) is 5.22. The molecule has 0 aliphatic carbocycles. The Balaban J connectivity index is 2.12. The molecule has 3 rings (SSSR count). The van der Waals surface area contributed by atoms with Crippen LogP contribution in [0.3, 0.4) is 0 Å². The molecule has 2 aromatic heterocycles. The van der Waals surface area contributed by atoms with Crippen LogP contribution in [-0.2, 0) is 9.47 Å². The Labute approximate surface area is 170 Å². The molecular weight excluding hydrogens is 394 g/mol. The van der Waals surface area contributed by atoms with Gasteiger partial charge in [-0.1, -0.05) is 6.07 Å². The third kappa shape index (κ3) is 4.02. The van der Waals surface area contributed by atoms with Gasteiger partial charge in [-0.15, -0.1) is 11.3 Å². The summed E-state index contributed by atoms with van der Waals surface area (Å²) < 4.78 is 11.3. The third-order valence-electron chi connectivity index (χ3n) is 3.84. The van der Waals surface area contributed by atoms with Crippen LogP contribution in [-0.4, -0.2) is 40.1 Å². The minimum Gasteiger partial charge on any atom is -0.464 e. The predicted molar refractivity (Wildman–Crippen MR) is 107 cm³/mol. The van der Waals surface area contributed by atoms with E-state index >= 15 is 0 Å². The van der Waals surface area contributed by atoms with E-state index in [1.54, 1.807) is 32.9 Å². The number of ether oxygens (including phenoxy) is 2. The van der Waals surface area contributed by atoms with Crippen molar-refractivity contribution in [2.24, 2.45) is 0 Å². The molecule has 0 unspecified atom stereocenters. The zero-order valence-corrected chi connectivity index (χ0v) is 17.0. The molecule has 1 aromatic carbocycles. The molecule has 9 heteroatoms. The van der Waals surface area contributed by atoms with Crippen molar-refractivity contribution in [1.29, 1.82) is 0 Å². The topological polar surface area (TPSA) is 91.9 Å².